The standard InChI is InChI=1S/C17H22N2O.N3.Ni/c1-3-19(4-2)12-11-18-13-16-15-8-6-5-7-14(15)9-10-17(16)20;1-3-2;/h5-10,13,20H,3-4,11-12H2,1-2H3;;/q;-1;+3/p-1. The predicted octanol–water partition coefficient (Wildman–Crippen LogP) is 3.54. The largest absolute Gasteiger partial charge is 3.00 e. The Morgan fingerprint density at radius 1 is 1.12 bits per heavy atom. The number of hydrogen-bond acceptors (Lipinski definition) is 3. The van der Waals surface area contributed by atoms with Crippen molar-refractivity contribution in [3.63, 3.8) is 0 Å². The van der Waals surface area contributed by atoms with E-state index in [1.54, 1.807) is 12.3 Å². The van der Waals surface area contributed by atoms with Gasteiger partial charge in [-0.25, -0.2) is 0 Å². The maximum absolute atomic E-state index is 12.0. The number of likely N-dealkylation sites (N-methyl/N-ethyl adjacent to an activating group) is 1. The maximum atomic E-state index is 12.0. The fraction of sp³-hybridized carbons (Fsp3) is 0.353. The first kappa shape index (κ1) is 21.9. The van der Waals surface area contributed by atoms with Crippen molar-refractivity contribution in [2.75, 3.05) is 26.2 Å². The minimum atomic E-state index is 0. The Labute approximate surface area is 152 Å². The van der Waals surface area contributed by atoms with Crippen molar-refractivity contribution in [1.29, 1.82) is 0 Å². The number of aliphatic imine (C=N–C) groups is 1. The number of rotatable bonds is 6. The van der Waals surface area contributed by atoms with Crippen LogP contribution in [-0.2, 0) is 16.5 Å². The van der Waals surface area contributed by atoms with Crippen LogP contribution >= 0.6 is 0 Å². The average Bonchev–Trinajstić information content (AvgIpc) is 2.57. The van der Waals surface area contributed by atoms with Gasteiger partial charge in [0.05, 0.1) is 6.54 Å². The van der Waals surface area contributed by atoms with Crippen LogP contribution in [0.1, 0.15) is 19.4 Å². The molecule has 0 saturated carbocycles. The van der Waals surface area contributed by atoms with Gasteiger partial charge < -0.3 is 21.1 Å². The van der Waals surface area contributed by atoms with E-state index >= 15 is 0 Å². The molecule has 0 fully saturated rings. The molecular weight excluding hydrogens is 349 g/mol. The summed E-state index contributed by atoms with van der Waals surface area (Å²) in [5, 5.41) is 14.0. The van der Waals surface area contributed by atoms with Crippen molar-refractivity contribution < 1.29 is 21.6 Å². The van der Waals surface area contributed by atoms with Gasteiger partial charge >= 0.3 is 16.5 Å². The molecule has 0 bridgehead atoms. The Hall–Kier alpha value is -2.07. The van der Waals surface area contributed by atoms with E-state index in [9.17, 15) is 5.11 Å². The number of fused-ring (bicyclic) bond motifs is 1. The Bertz CT molecular complexity index is 680. The van der Waals surface area contributed by atoms with Crippen LogP contribution in [0.2, 0.25) is 0 Å². The summed E-state index contributed by atoms with van der Waals surface area (Å²) in [6, 6.07) is 11.4. The van der Waals surface area contributed by atoms with Gasteiger partial charge in [-0.05, 0) is 29.4 Å². The molecule has 0 aliphatic carbocycles. The quantitative estimate of drug-likeness (QED) is 0.256. The summed E-state index contributed by atoms with van der Waals surface area (Å²) in [4.78, 5) is 8.24. The van der Waals surface area contributed by atoms with Gasteiger partial charge in [-0.1, -0.05) is 56.0 Å². The van der Waals surface area contributed by atoms with E-state index < -0.39 is 0 Å². The molecule has 2 rings (SSSR count). The molecule has 0 spiro atoms. The van der Waals surface area contributed by atoms with Crippen LogP contribution in [0, 0.1) is 0 Å². The van der Waals surface area contributed by atoms with Crippen molar-refractivity contribution in [3.05, 3.63) is 57.9 Å². The first-order valence-corrected chi connectivity index (χ1v) is 7.57. The van der Waals surface area contributed by atoms with Crippen LogP contribution in [0.4, 0.5) is 0 Å². The predicted molar refractivity (Wildman–Crippen MR) is 93.7 cm³/mol. The number of benzene rings is 2. The molecule has 0 heterocycles. The summed E-state index contributed by atoms with van der Waals surface area (Å²) in [5.41, 5.74) is 14.2. The van der Waals surface area contributed by atoms with E-state index in [1.165, 1.54) is 4.91 Å². The SMILES string of the molecule is CCN(CC)CCN=Cc1c([O-])ccc2ccccc12.[N-]=[N+]=[N-].[Ni+3]. The van der Waals surface area contributed by atoms with Crippen molar-refractivity contribution in [2.45, 2.75) is 13.8 Å². The molecular formula is C17H21N5NiO+. The molecule has 24 heavy (non-hydrogen) atoms. The molecule has 2 aromatic rings. The van der Waals surface area contributed by atoms with Crippen molar-refractivity contribution in [2.24, 2.45) is 4.99 Å². The number of nitrogens with zero attached hydrogens (tertiary/aromatic N) is 5. The first-order chi connectivity index (χ1) is 11.2. The Morgan fingerprint density at radius 2 is 1.75 bits per heavy atom. The molecule has 129 valence electrons. The van der Waals surface area contributed by atoms with Gasteiger partial charge in [0, 0.05) is 12.8 Å². The van der Waals surface area contributed by atoms with Crippen molar-refractivity contribution >= 4 is 17.0 Å². The van der Waals surface area contributed by atoms with Crippen molar-refractivity contribution in [1.82, 2.24) is 4.90 Å². The molecule has 1 radical (unpaired) electrons. The molecule has 0 unspecified atom stereocenters. The second-order valence-electron chi connectivity index (χ2n) is 4.85. The third-order valence-corrected chi connectivity index (χ3v) is 3.59. The third-order valence-electron chi connectivity index (χ3n) is 3.59. The summed E-state index contributed by atoms with van der Waals surface area (Å²) >= 11 is 0. The fourth-order valence-electron chi connectivity index (χ4n) is 2.30. The summed E-state index contributed by atoms with van der Waals surface area (Å²) < 4.78 is 0. The molecule has 0 aliphatic heterocycles. The van der Waals surface area contributed by atoms with Crippen molar-refractivity contribution in [3.8, 4) is 5.75 Å². The summed E-state index contributed by atoms with van der Waals surface area (Å²) in [7, 11) is 0. The maximum Gasteiger partial charge on any atom is 3.00 e. The van der Waals surface area contributed by atoms with E-state index in [-0.39, 0.29) is 22.2 Å². The van der Waals surface area contributed by atoms with Crippen LogP contribution in [0.5, 0.6) is 5.75 Å². The van der Waals surface area contributed by atoms with Gasteiger partial charge in [0.1, 0.15) is 0 Å². The van der Waals surface area contributed by atoms with Gasteiger partial charge in [0.15, 0.2) is 0 Å². The first-order valence-electron chi connectivity index (χ1n) is 7.57. The summed E-state index contributed by atoms with van der Waals surface area (Å²) in [6.45, 7) is 8.02. The zero-order valence-electron chi connectivity index (χ0n) is 13.8. The molecule has 6 nitrogen and oxygen atoms in total. The Kier molecular flexibility index (Phi) is 11.3. The minimum absolute atomic E-state index is 0. The molecule has 0 atom stereocenters. The monoisotopic (exact) mass is 369 g/mol. The Morgan fingerprint density at radius 3 is 2.38 bits per heavy atom. The van der Waals surface area contributed by atoms with Crippen LogP contribution in [0.3, 0.4) is 0 Å². The number of hydrogen-bond donors (Lipinski definition) is 0. The summed E-state index contributed by atoms with van der Waals surface area (Å²) in [5.74, 6) is 0.0373. The molecule has 0 aliphatic rings. The van der Waals surface area contributed by atoms with Crippen LogP contribution < -0.4 is 5.11 Å². The zero-order chi connectivity index (χ0) is 17.1. The molecule has 0 saturated heterocycles. The van der Waals surface area contributed by atoms with E-state index in [2.05, 4.69) is 23.7 Å². The van der Waals surface area contributed by atoms with Gasteiger partial charge in [0.2, 0.25) is 0 Å². The second kappa shape index (κ2) is 12.4. The van der Waals surface area contributed by atoms with Gasteiger partial charge in [0.25, 0.3) is 0 Å². The molecule has 0 amide bonds. The van der Waals surface area contributed by atoms with Crippen LogP contribution in [0.15, 0.2) is 41.4 Å². The fourth-order valence-corrected chi connectivity index (χ4v) is 2.30. The smallest absolute Gasteiger partial charge is 0.872 e. The van der Waals surface area contributed by atoms with Gasteiger partial charge in [-0.15, -0.1) is 0 Å². The summed E-state index contributed by atoms with van der Waals surface area (Å²) in [6.07, 6.45) is 1.73. The normalized spacial score (nSPS) is 10.1. The molecule has 0 N–H and O–H groups in total. The second-order valence-corrected chi connectivity index (χ2v) is 4.85. The van der Waals surface area contributed by atoms with Gasteiger partial charge in [-0.3, -0.25) is 9.90 Å². The molecule has 2 aromatic carbocycles. The zero-order valence-corrected chi connectivity index (χ0v) is 14.8. The minimum Gasteiger partial charge on any atom is -0.872 e. The average molecular weight is 370 g/mol. The molecule has 0 aromatic heterocycles. The van der Waals surface area contributed by atoms with Crippen LogP contribution in [-0.4, -0.2) is 37.3 Å². The van der Waals surface area contributed by atoms with E-state index in [1.807, 2.05) is 30.3 Å². The van der Waals surface area contributed by atoms with Gasteiger partial charge in [-0.2, -0.15) is 0 Å². The Balaban J connectivity index is 0.00000123. The molecule has 7 heteroatoms. The van der Waals surface area contributed by atoms with Crippen LogP contribution in [0.25, 0.3) is 26.7 Å². The van der Waals surface area contributed by atoms with E-state index in [4.69, 9.17) is 11.1 Å². The van der Waals surface area contributed by atoms with E-state index in [0.717, 1.165) is 37.0 Å². The third kappa shape index (κ3) is 6.59. The van der Waals surface area contributed by atoms with E-state index in [0.29, 0.717) is 5.56 Å². The topological polar surface area (TPSA) is 97.4 Å².